The van der Waals surface area contributed by atoms with E-state index in [4.69, 9.17) is 29.4 Å². The van der Waals surface area contributed by atoms with E-state index in [2.05, 4.69) is 10.1 Å². The molecule has 22 nitrogen and oxygen atoms in total. The van der Waals surface area contributed by atoms with E-state index in [1.165, 1.54) is 6.08 Å². The molecule has 1 fully saturated rings. The number of rotatable bonds is 12. The van der Waals surface area contributed by atoms with E-state index in [0.717, 1.165) is 14.2 Å². The summed E-state index contributed by atoms with van der Waals surface area (Å²) in [7, 11) is 2.21. The van der Waals surface area contributed by atoms with E-state index in [-0.39, 0.29) is 83.3 Å². The number of allylic oxidation sites excluding steroid dienone is 12. The highest BCUT2D eigenvalue weighted by molar-refractivity contribution is 5.86. The molecule has 13 N–H and O–H groups in total. The number of esters is 3. The average molecular weight is 1070 g/mol. The zero-order chi connectivity index (χ0) is 55.9. The summed E-state index contributed by atoms with van der Waals surface area (Å²) >= 11 is 0. The molecule has 0 radical (unpaired) electrons. The van der Waals surface area contributed by atoms with Crippen LogP contribution >= 0.6 is 0 Å². The standard InChI is InChI=1S/C53H84N2O20/c1-33-17-15-13-11-9-7-5-6-8-10-12-14-16-18-38(75-53-50(67)49(54)44(64)32-73-53)31-45(48(41(61)23-25-56)51(68)55-39(52(69)71-4)20-22-46(65)70-3)72-26-24-36(58)29-43(63)40(60)21-19-35(57)28-37(59)30-47(66)74-34(2)27-42(33)62/h5-18,33-45,48-50,53,56-64,67H,19-32,54H2,1-4H3,(H,55,68)/b6-5+,9-7+,10-8+,13-11+,14-12+,17-15+,18-16+/t33-,34-,35?,36?,37+,38?,39?,40?,41-,42-,43?,44+,45-,48+,49-,50-,53-/m0/s1. The van der Waals surface area contributed by atoms with E-state index in [0.29, 0.717) is 0 Å². The molecule has 22 heteroatoms. The Kier molecular flexibility index (Phi) is 33.1. The average Bonchev–Trinajstić information content (AvgIpc) is 3.35. The second-order valence-electron chi connectivity index (χ2n) is 18.8. The first kappa shape index (κ1) is 66.6. The number of nitrogens with one attached hydrogen (secondary N) is 1. The molecule has 0 spiro atoms. The third-order valence-corrected chi connectivity index (χ3v) is 12.5. The lowest BCUT2D eigenvalue weighted by atomic mass is 9.88. The number of aliphatic hydroxyl groups excluding tert-OH is 10. The maximum absolute atomic E-state index is 14.3. The van der Waals surface area contributed by atoms with Crippen LogP contribution in [0.1, 0.15) is 84.5 Å². The van der Waals surface area contributed by atoms with E-state index in [9.17, 15) is 70.2 Å². The summed E-state index contributed by atoms with van der Waals surface area (Å²) in [5.41, 5.74) is 6.03. The second-order valence-corrected chi connectivity index (χ2v) is 18.8. The summed E-state index contributed by atoms with van der Waals surface area (Å²) in [4.78, 5) is 51.8. The van der Waals surface area contributed by atoms with Crippen LogP contribution in [0.15, 0.2) is 85.1 Å². The molecule has 0 saturated carbocycles. The van der Waals surface area contributed by atoms with Crippen LogP contribution in [-0.2, 0) is 47.6 Å². The molecule has 0 aromatic carbocycles. The minimum absolute atomic E-state index is 0.0967. The van der Waals surface area contributed by atoms with Gasteiger partial charge in [-0.3, -0.25) is 14.4 Å². The van der Waals surface area contributed by atoms with Crippen molar-refractivity contribution in [1.82, 2.24) is 5.32 Å². The number of methoxy groups -OCH3 is 2. The lowest BCUT2D eigenvalue weighted by Crippen LogP contribution is -2.58. The zero-order valence-corrected chi connectivity index (χ0v) is 43.4. The predicted molar refractivity (Wildman–Crippen MR) is 272 cm³/mol. The van der Waals surface area contributed by atoms with Gasteiger partial charge in [0.25, 0.3) is 0 Å². The molecule has 2 aliphatic heterocycles. The molecule has 17 atom stereocenters. The Bertz CT molecular complexity index is 1870. The van der Waals surface area contributed by atoms with Gasteiger partial charge < -0.3 is 90.5 Å². The van der Waals surface area contributed by atoms with Crippen LogP contribution in [0.25, 0.3) is 0 Å². The molecule has 0 aromatic rings. The van der Waals surface area contributed by atoms with Gasteiger partial charge >= 0.3 is 17.9 Å². The highest BCUT2D eigenvalue weighted by Gasteiger charge is 2.42. The zero-order valence-electron chi connectivity index (χ0n) is 43.4. The van der Waals surface area contributed by atoms with Gasteiger partial charge in [0.15, 0.2) is 6.29 Å². The van der Waals surface area contributed by atoms with Gasteiger partial charge in [0.2, 0.25) is 5.91 Å². The van der Waals surface area contributed by atoms with Crippen molar-refractivity contribution < 1.29 is 98.7 Å². The van der Waals surface area contributed by atoms with Gasteiger partial charge in [0.1, 0.15) is 18.2 Å². The summed E-state index contributed by atoms with van der Waals surface area (Å²) in [5.74, 6) is -5.20. The fourth-order valence-electron chi connectivity index (χ4n) is 8.00. The van der Waals surface area contributed by atoms with Crippen molar-refractivity contribution in [1.29, 1.82) is 0 Å². The van der Waals surface area contributed by atoms with Gasteiger partial charge in [0, 0.05) is 44.8 Å². The van der Waals surface area contributed by atoms with Crippen molar-refractivity contribution in [2.45, 2.75) is 176 Å². The van der Waals surface area contributed by atoms with Crippen molar-refractivity contribution in [3.63, 3.8) is 0 Å². The van der Waals surface area contributed by atoms with Gasteiger partial charge in [-0.25, -0.2) is 4.79 Å². The Morgan fingerprint density at radius 2 is 1.31 bits per heavy atom. The summed E-state index contributed by atoms with van der Waals surface area (Å²) < 4.78 is 33.0. The molecule has 2 aliphatic rings. The first-order valence-electron chi connectivity index (χ1n) is 25.4. The Balaban J connectivity index is 2.56. The van der Waals surface area contributed by atoms with Crippen LogP contribution in [0.3, 0.4) is 0 Å². The van der Waals surface area contributed by atoms with Crippen molar-refractivity contribution in [2.24, 2.45) is 17.6 Å². The summed E-state index contributed by atoms with van der Waals surface area (Å²) in [5, 5.41) is 110. The van der Waals surface area contributed by atoms with Crippen LogP contribution in [0, 0.1) is 11.8 Å². The lowest BCUT2D eigenvalue weighted by Gasteiger charge is -2.38. The number of hydrogen-bond donors (Lipinski definition) is 12. The number of aliphatic hydroxyl groups is 10. The normalized spacial score (nSPS) is 35.4. The minimum atomic E-state index is -1.65. The first-order chi connectivity index (χ1) is 35.7. The quantitative estimate of drug-likeness (QED) is 0.0896. The second kappa shape index (κ2) is 37.3. The smallest absolute Gasteiger partial charge is 0.328 e. The SMILES string of the molecule is COC(=O)CCC(NC(=O)[C@@H]([C@@H]1CC(O[C@@H]2OC[C@@H](O)[C@H](N)[C@@H]2O)/C=C/C=C/C=C/C=C/C=C/C=C/C=C/[C@H](C)[C@@H](O)C[C@H](C)OC(=O)C[C@H](O)CC(O)CCC(O)C(O)CC(O)CCO1)[C@@H](O)CCO)C(=O)OC. The van der Waals surface area contributed by atoms with Gasteiger partial charge in [-0.05, 0) is 45.4 Å². The number of cyclic esters (lactones) is 1. The fourth-order valence-corrected chi connectivity index (χ4v) is 8.00. The predicted octanol–water partition coefficient (Wildman–Crippen LogP) is -0.106. The van der Waals surface area contributed by atoms with Crippen molar-refractivity contribution in [3.05, 3.63) is 85.1 Å². The number of nitrogens with two attached hydrogens (primary N) is 1. The number of carbonyl (C=O) groups excluding carboxylic acids is 4. The van der Waals surface area contributed by atoms with Crippen LogP contribution < -0.4 is 11.1 Å². The third-order valence-electron chi connectivity index (χ3n) is 12.5. The number of amides is 1. The molecule has 1 saturated heterocycles. The van der Waals surface area contributed by atoms with Crippen LogP contribution in [0.5, 0.6) is 0 Å². The number of carbonyl (C=O) groups is 4. The highest BCUT2D eigenvalue weighted by atomic mass is 16.7. The summed E-state index contributed by atoms with van der Waals surface area (Å²) in [6.45, 7) is 2.17. The van der Waals surface area contributed by atoms with Crippen molar-refractivity contribution in [3.8, 4) is 0 Å². The van der Waals surface area contributed by atoms with Gasteiger partial charge in [-0.15, -0.1) is 0 Å². The highest BCUT2D eigenvalue weighted by Crippen LogP contribution is 2.27. The third kappa shape index (κ3) is 26.9. The van der Waals surface area contributed by atoms with Gasteiger partial charge in [-0.1, -0.05) is 92.0 Å². The Hall–Kier alpha value is -4.50. The largest absolute Gasteiger partial charge is 0.469 e. The Morgan fingerprint density at radius 1 is 0.707 bits per heavy atom. The molecule has 0 bridgehead atoms. The van der Waals surface area contributed by atoms with Crippen molar-refractivity contribution >= 4 is 23.8 Å². The van der Waals surface area contributed by atoms with E-state index in [1.54, 1.807) is 85.9 Å². The minimum Gasteiger partial charge on any atom is -0.469 e. The lowest BCUT2D eigenvalue weighted by molar-refractivity contribution is -0.255. The molecule has 0 aromatic heterocycles. The summed E-state index contributed by atoms with van der Waals surface area (Å²) in [6.07, 6.45) is 4.94. The van der Waals surface area contributed by atoms with E-state index < -0.39 is 134 Å². The molecular formula is C53H84N2O20. The van der Waals surface area contributed by atoms with E-state index >= 15 is 0 Å². The number of ether oxygens (including phenoxy) is 6. The van der Waals surface area contributed by atoms with E-state index in [1.807, 2.05) is 6.92 Å². The fraction of sp³-hybridized carbons (Fsp3) is 0.660. The molecular weight excluding hydrogens is 985 g/mol. The van der Waals surface area contributed by atoms with Gasteiger partial charge in [0.05, 0.1) is 100 Å². The monoisotopic (exact) mass is 1070 g/mol. The molecule has 1 amide bonds. The van der Waals surface area contributed by atoms with Crippen LogP contribution in [0.4, 0.5) is 0 Å². The molecule has 2 heterocycles. The van der Waals surface area contributed by atoms with Crippen molar-refractivity contribution in [2.75, 3.05) is 34.0 Å². The maximum Gasteiger partial charge on any atom is 0.328 e. The maximum atomic E-state index is 14.3. The Labute approximate surface area is 439 Å². The molecule has 6 unspecified atom stereocenters. The number of hydrogen-bond acceptors (Lipinski definition) is 21. The topological polar surface area (TPSA) is 364 Å². The van der Waals surface area contributed by atoms with Crippen LogP contribution in [0.2, 0.25) is 0 Å². The van der Waals surface area contributed by atoms with Gasteiger partial charge in [-0.2, -0.15) is 0 Å². The molecule has 75 heavy (non-hydrogen) atoms. The first-order valence-corrected chi connectivity index (χ1v) is 25.4. The molecule has 0 aliphatic carbocycles. The van der Waals surface area contributed by atoms with Crippen LogP contribution in [-0.4, -0.2) is 201 Å². The Morgan fingerprint density at radius 3 is 1.91 bits per heavy atom. The molecule has 2 rings (SSSR count). The molecule has 426 valence electrons. The summed E-state index contributed by atoms with van der Waals surface area (Å²) in [6, 6.07) is -2.59.